The van der Waals surface area contributed by atoms with Crippen LogP contribution in [0.5, 0.6) is 6.01 Å². The molecule has 0 spiro atoms. The second-order valence-corrected chi connectivity index (χ2v) is 12.6. The van der Waals surface area contributed by atoms with Gasteiger partial charge in [0.2, 0.25) is 0 Å². The van der Waals surface area contributed by atoms with Gasteiger partial charge in [0.25, 0.3) is 0 Å². The van der Waals surface area contributed by atoms with Crippen molar-refractivity contribution in [1.82, 2.24) is 19.8 Å². The average molecular weight is 664 g/mol. The summed E-state index contributed by atoms with van der Waals surface area (Å²) in [7, 11) is 2.06. The van der Waals surface area contributed by atoms with Crippen molar-refractivity contribution in [3.63, 3.8) is 0 Å². The summed E-state index contributed by atoms with van der Waals surface area (Å²) in [6.07, 6.45) is -1.66. The number of anilines is 2. The van der Waals surface area contributed by atoms with Gasteiger partial charge in [-0.3, -0.25) is 0 Å². The zero-order chi connectivity index (χ0) is 33.7. The molecule has 0 saturated carbocycles. The molecule has 0 bridgehead atoms. The number of hydrogen-bond acceptors (Lipinski definition) is 9. The Morgan fingerprint density at radius 3 is 2.52 bits per heavy atom. The third-order valence-electron chi connectivity index (χ3n) is 9.42. The number of para-hydroxylation sites is 1. The lowest BCUT2D eigenvalue weighted by atomic mass is 10.1. The minimum Gasteiger partial charge on any atom is -0.462 e. The monoisotopic (exact) mass is 663 g/mol. The van der Waals surface area contributed by atoms with Gasteiger partial charge in [-0.05, 0) is 57.0 Å². The van der Waals surface area contributed by atoms with Crippen LogP contribution in [0.2, 0.25) is 0 Å². The Labute approximate surface area is 278 Å². The third kappa shape index (κ3) is 7.59. The van der Waals surface area contributed by atoms with Crippen LogP contribution in [0, 0.1) is 11.3 Å². The van der Waals surface area contributed by atoms with Crippen LogP contribution in [-0.4, -0.2) is 84.3 Å². The van der Waals surface area contributed by atoms with Crippen LogP contribution in [0.1, 0.15) is 48.1 Å². The van der Waals surface area contributed by atoms with Crippen molar-refractivity contribution in [1.29, 1.82) is 5.26 Å². The van der Waals surface area contributed by atoms with Gasteiger partial charge in [0.15, 0.2) is 0 Å². The van der Waals surface area contributed by atoms with E-state index in [2.05, 4.69) is 22.9 Å². The van der Waals surface area contributed by atoms with E-state index >= 15 is 0 Å². The number of likely N-dealkylation sites (tertiary alicyclic amines) is 1. The highest BCUT2D eigenvalue weighted by Gasteiger charge is 2.37. The molecule has 13 heteroatoms. The van der Waals surface area contributed by atoms with Crippen molar-refractivity contribution in [2.75, 3.05) is 56.2 Å². The summed E-state index contributed by atoms with van der Waals surface area (Å²) >= 11 is 0. The molecule has 1 aromatic heterocycles. The van der Waals surface area contributed by atoms with Crippen LogP contribution < -0.4 is 14.5 Å². The maximum absolute atomic E-state index is 14.0. The highest BCUT2D eigenvalue weighted by atomic mass is 19.4. The van der Waals surface area contributed by atoms with Gasteiger partial charge in [-0.15, -0.1) is 0 Å². The van der Waals surface area contributed by atoms with Crippen LogP contribution in [0.15, 0.2) is 54.6 Å². The van der Waals surface area contributed by atoms with E-state index in [1.165, 1.54) is 12.1 Å². The molecule has 0 radical (unpaired) electrons. The topological polar surface area (TPSA) is 98.1 Å². The first-order valence-corrected chi connectivity index (χ1v) is 16.4. The molecule has 254 valence electrons. The van der Waals surface area contributed by atoms with Crippen LogP contribution >= 0.6 is 0 Å². The second kappa shape index (κ2) is 14.7. The Bertz CT molecular complexity index is 1620. The number of nitriles is 1. The molecule has 0 unspecified atom stereocenters. The fourth-order valence-corrected chi connectivity index (χ4v) is 6.84. The van der Waals surface area contributed by atoms with Crippen LogP contribution in [0.25, 0.3) is 0 Å². The van der Waals surface area contributed by atoms with Gasteiger partial charge in [0.05, 0.1) is 36.3 Å². The van der Waals surface area contributed by atoms with Crippen LogP contribution in [0.3, 0.4) is 0 Å². The van der Waals surface area contributed by atoms with Crippen molar-refractivity contribution in [2.24, 2.45) is 0 Å². The number of alkyl halides is 3. The lowest BCUT2D eigenvalue weighted by molar-refractivity contribution is -0.137. The smallest absolute Gasteiger partial charge is 0.418 e. The normalized spacial score (nSPS) is 20.2. The van der Waals surface area contributed by atoms with E-state index in [0.29, 0.717) is 57.1 Å². The average Bonchev–Trinajstić information content (AvgIpc) is 3.37. The maximum Gasteiger partial charge on any atom is 0.418 e. The molecular weight excluding hydrogens is 623 g/mol. The molecule has 3 aliphatic rings. The molecule has 3 aromatic rings. The molecule has 0 N–H and O–H groups in total. The predicted molar refractivity (Wildman–Crippen MR) is 174 cm³/mol. The standard InChI is InChI=1S/C35H40F3N7O3/c1-42-17-7-11-27(42)24-47-33-40-30-22-43(31-14-6-5-13-29(31)35(36,37)38)18-8-12-28(30)32(41-33)44-19-20-45(26(21-44)15-16-39)34(46)48-23-25-9-3-2-4-10-25/h2-6,9-10,13-14,26-27H,7-8,11-12,15,17-24H2,1H3/t26-,27-/m0/s1. The van der Waals surface area contributed by atoms with E-state index in [0.717, 1.165) is 36.6 Å². The lowest BCUT2D eigenvalue weighted by Crippen LogP contribution is -2.55. The number of piperazine rings is 1. The maximum atomic E-state index is 14.0. The van der Waals surface area contributed by atoms with Gasteiger partial charge >= 0.3 is 18.3 Å². The number of aromatic nitrogens is 2. The molecule has 4 heterocycles. The zero-order valence-electron chi connectivity index (χ0n) is 27.0. The number of halogens is 3. The Kier molecular flexibility index (Phi) is 10.2. The summed E-state index contributed by atoms with van der Waals surface area (Å²) < 4.78 is 53.9. The van der Waals surface area contributed by atoms with Gasteiger partial charge in [-0.25, -0.2) is 4.79 Å². The fourth-order valence-electron chi connectivity index (χ4n) is 6.84. The minimum atomic E-state index is -4.50. The number of ether oxygens (including phenoxy) is 2. The summed E-state index contributed by atoms with van der Waals surface area (Å²) in [6, 6.07) is 17.2. The number of rotatable bonds is 8. The lowest BCUT2D eigenvalue weighted by Gasteiger charge is -2.41. The first kappa shape index (κ1) is 33.3. The highest BCUT2D eigenvalue weighted by molar-refractivity contribution is 5.69. The Morgan fingerprint density at radius 2 is 1.77 bits per heavy atom. The first-order chi connectivity index (χ1) is 23.2. The fraction of sp³-hybridized carbons (Fsp3) is 0.486. The molecule has 2 fully saturated rings. The number of amides is 1. The largest absolute Gasteiger partial charge is 0.462 e. The van der Waals surface area contributed by atoms with Gasteiger partial charge in [-0.1, -0.05) is 42.5 Å². The first-order valence-electron chi connectivity index (χ1n) is 16.4. The van der Waals surface area contributed by atoms with E-state index < -0.39 is 23.9 Å². The summed E-state index contributed by atoms with van der Waals surface area (Å²) in [5.74, 6) is 0.640. The zero-order valence-corrected chi connectivity index (χ0v) is 27.0. The van der Waals surface area contributed by atoms with Crippen LogP contribution in [-0.2, 0) is 30.5 Å². The predicted octanol–water partition coefficient (Wildman–Crippen LogP) is 5.66. The van der Waals surface area contributed by atoms with Crippen molar-refractivity contribution in [2.45, 2.75) is 63.5 Å². The van der Waals surface area contributed by atoms with Gasteiger partial charge in [-0.2, -0.15) is 28.4 Å². The molecule has 2 saturated heterocycles. The van der Waals surface area contributed by atoms with Gasteiger partial charge in [0, 0.05) is 43.5 Å². The van der Waals surface area contributed by atoms with E-state index in [1.54, 1.807) is 15.9 Å². The molecular formula is C35H40F3N7O3. The van der Waals surface area contributed by atoms with E-state index in [9.17, 15) is 23.2 Å². The molecule has 10 nitrogen and oxygen atoms in total. The molecule has 2 aromatic carbocycles. The molecule has 1 amide bonds. The Hall–Kier alpha value is -4.57. The molecule has 2 atom stereocenters. The molecule has 3 aliphatic heterocycles. The second-order valence-electron chi connectivity index (χ2n) is 12.6. The van der Waals surface area contributed by atoms with Crippen molar-refractivity contribution < 1.29 is 27.4 Å². The highest BCUT2D eigenvalue weighted by Crippen LogP contribution is 2.39. The number of benzene rings is 2. The van der Waals surface area contributed by atoms with E-state index in [4.69, 9.17) is 19.4 Å². The summed E-state index contributed by atoms with van der Waals surface area (Å²) in [5, 5.41) is 9.69. The van der Waals surface area contributed by atoms with Gasteiger partial charge in [0.1, 0.15) is 19.0 Å². The van der Waals surface area contributed by atoms with E-state index in [1.807, 2.05) is 30.3 Å². The third-order valence-corrected chi connectivity index (χ3v) is 9.42. The molecule has 0 aliphatic carbocycles. The quantitative estimate of drug-likeness (QED) is 0.302. The number of likely N-dealkylation sites (N-methyl/N-ethyl adjacent to an activating group) is 1. The molecule has 48 heavy (non-hydrogen) atoms. The Morgan fingerprint density at radius 1 is 0.979 bits per heavy atom. The number of carbonyl (C=O) groups is 1. The number of fused-ring (bicyclic) bond motifs is 1. The summed E-state index contributed by atoms with van der Waals surface area (Å²) in [6.45, 7) is 3.15. The van der Waals surface area contributed by atoms with Crippen LogP contribution in [0.4, 0.5) is 29.5 Å². The van der Waals surface area contributed by atoms with Crippen molar-refractivity contribution >= 4 is 17.6 Å². The Balaban J connectivity index is 1.28. The number of hydrogen-bond donors (Lipinski definition) is 0. The summed E-state index contributed by atoms with van der Waals surface area (Å²) in [4.78, 5) is 30.5. The van der Waals surface area contributed by atoms with Crippen molar-refractivity contribution in [3.05, 3.63) is 77.0 Å². The SMILES string of the molecule is CN1CCC[C@H]1COc1nc2c(c(N3CCN(C(=O)OCc4ccccc4)[C@@H](CC#N)C3)n1)CCCN(c1ccccc1C(F)(F)F)C2. The minimum absolute atomic E-state index is 0.101. The molecule has 6 rings (SSSR count). The number of carbonyl (C=O) groups excluding carboxylic acids is 1. The van der Waals surface area contributed by atoms with E-state index in [-0.39, 0.29) is 37.3 Å². The van der Waals surface area contributed by atoms with Gasteiger partial charge < -0.3 is 29.1 Å². The summed E-state index contributed by atoms with van der Waals surface area (Å²) in [5.41, 5.74) is 1.77. The van der Waals surface area contributed by atoms with Crippen molar-refractivity contribution in [3.8, 4) is 12.1 Å². The number of nitrogens with zero attached hydrogens (tertiary/aromatic N) is 7.